The number of likely N-dealkylation sites (tertiary alicyclic amines) is 1. The van der Waals surface area contributed by atoms with Gasteiger partial charge in [0.25, 0.3) is 0 Å². The number of carbonyl (C=O) groups excluding carboxylic acids is 1. The molecule has 1 aromatic carbocycles. The molecule has 3 nitrogen and oxygen atoms in total. The van der Waals surface area contributed by atoms with E-state index in [9.17, 15) is 4.79 Å². The second-order valence-corrected chi connectivity index (χ2v) is 6.40. The van der Waals surface area contributed by atoms with Gasteiger partial charge in [0.05, 0.1) is 5.41 Å². The molecule has 3 rings (SSSR count). The van der Waals surface area contributed by atoms with Crippen molar-refractivity contribution in [3.8, 4) is 0 Å². The van der Waals surface area contributed by atoms with E-state index in [4.69, 9.17) is 5.73 Å². The summed E-state index contributed by atoms with van der Waals surface area (Å²) >= 11 is 0. The Bertz CT molecular complexity index is 490. The van der Waals surface area contributed by atoms with E-state index in [0.717, 1.165) is 37.2 Å². The first-order valence-corrected chi connectivity index (χ1v) is 7.81. The molecular formula is C17H24N2O. The van der Waals surface area contributed by atoms with Gasteiger partial charge in [0.2, 0.25) is 5.91 Å². The average molecular weight is 272 g/mol. The van der Waals surface area contributed by atoms with Gasteiger partial charge in [-0.1, -0.05) is 25.5 Å². The molecule has 2 aliphatic rings. The Morgan fingerprint density at radius 3 is 2.65 bits per heavy atom. The van der Waals surface area contributed by atoms with Crippen LogP contribution in [0.3, 0.4) is 0 Å². The molecule has 0 bridgehead atoms. The number of carbonyl (C=O) groups is 1. The Labute approximate surface area is 121 Å². The highest BCUT2D eigenvalue weighted by atomic mass is 16.2. The van der Waals surface area contributed by atoms with Crippen molar-refractivity contribution >= 4 is 11.6 Å². The highest BCUT2D eigenvalue weighted by molar-refractivity contribution is 5.91. The Balaban J connectivity index is 1.72. The molecule has 1 aliphatic carbocycles. The number of hydrogen-bond acceptors (Lipinski definition) is 2. The zero-order valence-corrected chi connectivity index (χ0v) is 12.3. The number of amides is 1. The van der Waals surface area contributed by atoms with Crippen molar-refractivity contribution in [1.29, 1.82) is 0 Å². The van der Waals surface area contributed by atoms with Crippen molar-refractivity contribution < 1.29 is 4.79 Å². The van der Waals surface area contributed by atoms with Crippen LogP contribution in [0.4, 0.5) is 5.69 Å². The lowest BCUT2D eigenvalue weighted by Gasteiger charge is -2.23. The van der Waals surface area contributed by atoms with Gasteiger partial charge in [0.1, 0.15) is 0 Å². The molecule has 1 heterocycles. The zero-order valence-electron chi connectivity index (χ0n) is 12.3. The van der Waals surface area contributed by atoms with Gasteiger partial charge in [-0.2, -0.15) is 0 Å². The second-order valence-electron chi connectivity index (χ2n) is 6.40. The Kier molecular flexibility index (Phi) is 3.45. The maximum Gasteiger partial charge on any atom is 0.233 e. The van der Waals surface area contributed by atoms with E-state index in [2.05, 4.69) is 11.8 Å². The van der Waals surface area contributed by atoms with Crippen LogP contribution in [0.15, 0.2) is 24.3 Å². The summed E-state index contributed by atoms with van der Waals surface area (Å²) < 4.78 is 0. The number of hydrogen-bond donors (Lipinski definition) is 1. The third-order valence-electron chi connectivity index (χ3n) is 4.89. The Hall–Kier alpha value is -1.51. The van der Waals surface area contributed by atoms with Crippen molar-refractivity contribution in [2.45, 2.75) is 44.4 Å². The van der Waals surface area contributed by atoms with Gasteiger partial charge < -0.3 is 10.6 Å². The fourth-order valence-electron chi connectivity index (χ4n) is 3.52. The quantitative estimate of drug-likeness (QED) is 0.857. The second kappa shape index (κ2) is 5.12. The molecule has 1 aliphatic heterocycles. The van der Waals surface area contributed by atoms with E-state index in [-0.39, 0.29) is 5.41 Å². The number of anilines is 1. The third-order valence-corrected chi connectivity index (χ3v) is 4.89. The number of rotatable bonds is 4. The van der Waals surface area contributed by atoms with Gasteiger partial charge in [-0.15, -0.1) is 0 Å². The lowest BCUT2D eigenvalue weighted by molar-refractivity contribution is -0.133. The Morgan fingerprint density at radius 1 is 1.35 bits per heavy atom. The normalized spacial score (nSPS) is 23.9. The minimum absolute atomic E-state index is 0.227. The van der Waals surface area contributed by atoms with Crippen LogP contribution in [-0.2, 0) is 10.2 Å². The maximum absolute atomic E-state index is 12.9. The molecule has 0 spiro atoms. The molecule has 0 aromatic heterocycles. The van der Waals surface area contributed by atoms with E-state index < -0.39 is 0 Å². The predicted molar refractivity (Wildman–Crippen MR) is 81.4 cm³/mol. The third kappa shape index (κ3) is 2.30. The SMILES string of the molecule is CCCC1CCN(C(=O)C2(c3ccc(N)cc3)CC2)C1. The zero-order chi connectivity index (χ0) is 14.2. The standard InChI is InChI=1S/C17H24N2O/c1-2-3-13-8-11-19(12-13)16(20)17(9-10-17)14-4-6-15(18)7-5-14/h4-7,13H,2-3,8-12,18H2,1H3. The summed E-state index contributed by atoms with van der Waals surface area (Å²) in [6, 6.07) is 7.87. The van der Waals surface area contributed by atoms with Gasteiger partial charge >= 0.3 is 0 Å². The molecule has 1 saturated heterocycles. The van der Waals surface area contributed by atoms with Crippen LogP contribution < -0.4 is 5.73 Å². The highest BCUT2D eigenvalue weighted by Crippen LogP contribution is 2.50. The summed E-state index contributed by atoms with van der Waals surface area (Å²) in [5, 5.41) is 0. The summed E-state index contributed by atoms with van der Waals surface area (Å²) in [6.45, 7) is 4.13. The van der Waals surface area contributed by atoms with Crippen molar-refractivity contribution in [3.05, 3.63) is 29.8 Å². The average Bonchev–Trinajstić information content (AvgIpc) is 3.13. The van der Waals surface area contributed by atoms with Crippen LogP contribution in [0.2, 0.25) is 0 Å². The van der Waals surface area contributed by atoms with Crippen LogP contribution in [0.1, 0.15) is 44.6 Å². The first-order valence-electron chi connectivity index (χ1n) is 7.81. The minimum Gasteiger partial charge on any atom is -0.399 e. The molecule has 1 aromatic rings. The molecular weight excluding hydrogens is 248 g/mol. The van der Waals surface area contributed by atoms with Gasteiger partial charge in [0, 0.05) is 18.8 Å². The largest absolute Gasteiger partial charge is 0.399 e. The van der Waals surface area contributed by atoms with Gasteiger partial charge in [0.15, 0.2) is 0 Å². The highest BCUT2D eigenvalue weighted by Gasteiger charge is 2.53. The molecule has 1 amide bonds. The van der Waals surface area contributed by atoms with Crippen LogP contribution in [0.25, 0.3) is 0 Å². The molecule has 2 fully saturated rings. The van der Waals surface area contributed by atoms with E-state index in [1.54, 1.807) is 0 Å². The van der Waals surface area contributed by atoms with E-state index >= 15 is 0 Å². The van der Waals surface area contributed by atoms with Gasteiger partial charge in [-0.3, -0.25) is 4.79 Å². The van der Waals surface area contributed by atoms with Crippen molar-refractivity contribution in [1.82, 2.24) is 4.90 Å². The number of nitrogens with two attached hydrogens (primary N) is 1. The van der Waals surface area contributed by atoms with Gasteiger partial charge in [-0.25, -0.2) is 0 Å². The fraction of sp³-hybridized carbons (Fsp3) is 0.588. The van der Waals surface area contributed by atoms with E-state index in [1.807, 2.05) is 24.3 Å². The molecule has 20 heavy (non-hydrogen) atoms. The molecule has 0 radical (unpaired) electrons. The molecule has 2 N–H and O–H groups in total. The molecule has 3 heteroatoms. The summed E-state index contributed by atoms with van der Waals surface area (Å²) in [5.74, 6) is 1.06. The first-order chi connectivity index (χ1) is 9.65. The van der Waals surface area contributed by atoms with Crippen molar-refractivity contribution in [3.63, 3.8) is 0 Å². The number of nitrogens with zero attached hydrogens (tertiary/aromatic N) is 1. The molecule has 1 atom stereocenters. The van der Waals surface area contributed by atoms with Gasteiger partial charge in [-0.05, 0) is 49.3 Å². The maximum atomic E-state index is 12.9. The summed E-state index contributed by atoms with van der Waals surface area (Å²) in [6.07, 6.45) is 5.63. The first kappa shape index (κ1) is 13.5. The summed E-state index contributed by atoms with van der Waals surface area (Å²) in [4.78, 5) is 15.0. The lowest BCUT2D eigenvalue weighted by Crippen LogP contribution is -2.37. The molecule has 1 saturated carbocycles. The fourth-order valence-corrected chi connectivity index (χ4v) is 3.52. The molecule has 1 unspecified atom stereocenters. The van der Waals surface area contributed by atoms with Crippen LogP contribution >= 0.6 is 0 Å². The summed E-state index contributed by atoms with van der Waals surface area (Å²) in [7, 11) is 0. The molecule has 108 valence electrons. The summed E-state index contributed by atoms with van der Waals surface area (Å²) in [5.41, 5.74) is 7.43. The predicted octanol–water partition coefficient (Wildman–Crippen LogP) is 2.95. The van der Waals surface area contributed by atoms with Crippen molar-refractivity contribution in [2.75, 3.05) is 18.8 Å². The smallest absolute Gasteiger partial charge is 0.233 e. The Morgan fingerprint density at radius 2 is 2.05 bits per heavy atom. The van der Waals surface area contributed by atoms with E-state index in [0.29, 0.717) is 11.8 Å². The minimum atomic E-state index is -0.227. The van der Waals surface area contributed by atoms with E-state index in [1.165, 1.54) is 19.3 Å². The van der Waals surface area contributed by atoms with Crippen LogP contribution in [0, 0.1) is 5.92 Å². The van der Waals surface area contributed by atoms with Crippen LogP contribution in [0.5, 0.6) is 0 Å². The number of benzene rings is 1. The monoisotopic (exact) mass is 272 g/mol. The lowest BCUT2D eigenvalue weighted by atomic mass is 9.94. The number of nitrogen functional groups attached to an aromatic ring is 1. The topological polar surface area (TPSA) is 46.3 Å². The van der Waals surface area contributed by atoms with Crippen LogP contribution in [-0.4, -0.2) is 23.9 Å². The van der Waals surface area contributed by atoms with Crippen molar-refractivity contribution in [2.24, 2.45) is 5.92 Å².